The van der Waals surface area contributed by atoms with Crippen molar-refractivity contribution < 1.29 is 9.84 Å². The first kappa shape index (κ1) is 25.3. The smallest absolute Gasteiger partial charge is 0.275 e. The number of halogens is 1. The van der Waals surface area contributed by atoms with Crippen LogP contribution in [0.5, 0.6) is 0 Å². The van der Waals surface area contributed by atoms with Crippen LogP contribution in [-0.4, -0.2) is 86.7 Å². The Bertz CT molecular complexity index is 1540. The fraction of sp³-hybridized carbons (Fsp3) is 0.519. The van der Waals surface area contributed by atoms with Crippen molar-refractivity contribution in [2.45, 2.75) is 49.9 Å². The summed E-state index contributed by atoms with van der Waals surface area (Å²) in [4.78, 5) is 17.2. The highest BCUT2D eigenvalue weighted by Crippen LogP contribution is 2.41. The van der Waals surface area contributed by atoms with Crippen molar-refractivity contribution in [3.63, 3.8) is 0 Å². The van der Waals surface area contributed by atoms with Gasteiger partial charge in [-0.25, -0.2) is 4.98 Å². The summed E-state index contributed by atoms with van der Waals surface area (Å²) < 4.78 is 7.00. The third-order valence-electron chi connectivity index (χ3n) is 8.47. The topological polar surface area (TPSA) is 131 Å². The molecule has 13 heteroatoms. The Kier molecular flexibility index (Phi) is 6.36. The fourth-order valence-electron chi connectivity index (χ4n) is 6.33. The van der Waals surface area contributed by atoms with Gasteiger partial charge < -0.3 is 30.2 Å². The van der Waals surface area contributed by atoms with E-state index >= 15 is 0 Å². The van der Waals surface area contributed by atoms with Gasteiger partial charge in [0.25, 0.3) is 17.4 Å². The van der Waals surface area contributed by atoms with Gasteiger partial charge in [-0.1, -0.05) is 23.3 Å². The van der Waals surface area contributed by atoms with Crippen LogP contribution in [0.4, 0.5) is 29.0 Å². The van der Waals surface area contributed by atoms with Crippen molar-refractivity contribution in [3.8, 4) is 6.07 Å². The number of nitrogens with one attached hydrogen (secondary N) is 2. The highest BCUT2D eigenvalue weighted by atomic mass is 35.5. The van der Waals surface area contributed by atoms with E-state index in [2.05, 4.69) is 46.4 Å². The molecule has 1 aliphatic carbocycles. The van der Waals surface area contributed by atoms with Gasteiger partial charge in [0.1, 0.15) is 0 Å². The highest BCUT2D eigenvalue weighted by molar-refractivity contribution is 6.36. The number of imidazole rings is 1. The minimum atomic E-state index is -0.429. The van der Waals surface area contributed by atoms with Crippen LogP contribution in [-0.2, 0) is 4.74 Å². The lowest BCUT2D eigenvalue weighted by Crippen LogP contribution is -2.51. The summed E-state index contributed by atoms with van der Waals surface area (Å²) in [6.45, 7) is 11.0. The van der Waals surface area contributed by atoms with Crippen LogP contribution < -0.4 is 15.5 Å². The Morgan fingerprint density at radius 1 is 1.18 bits per heavy atom. The minimum absolute atomic E-state index is 0.0679. The standard InChI is InChI=1S/C27H29ClN10O2/c1-30-23-11-31-26-25(32-17-2-3-17)34-27(35-38(23)26)33-18-8-15(10-29)9-20(24(18)28)36-6-5-19-16(12-36)4-7-37(19)21-13-40-14-22(21)39/h8-9,11,16-17,19,21-22,39H,2-7,12-14H2,(H2,32,33,34,35)/t16?,19?,21-,22-/m0/s1. The Morgan fingerprint density at radius 2 is 2.05 bits per heavy atom. The molecule has 2 aromatic heterocycles. The van der Waals surface area contributed by atoms with Crippen molar-refractivity contribution in [3.05, 3.63) is 40.3 Å². The van der Waals surface area contributed by atoms with Crippen LogP contribution in [0.1, 0.15) is 31.2 Å². The molecule has 3 saturated heterocycles. The molecule has 7 rings (SSSR count). The molecule has 12 nitrogen and oxygen atoms in total. The molecule has 0 radical (unpaired) electrons. The molecule has 1 aromatic carbocycles. The largest absolute Gasteiger partial charge is 0.389 e. The molecule has 0 amide bonds. The predicted octanol–water partition coefficient (Wildman–Crippen LogP) is 3.18. The molecule has 2 unspecified atom stereocenters. The van der Waals surface area contributed by atoms with E-state index in [1.807, 2.05) is 6.07 Å². The first-order valence-electron chi connectivity index (χ1n) is 13.7. The van der Waals surface area contributed by atoms with Crippen molar-refractivity contribution in [2.24, 2.45) is 5.92 Å². The summed E-state index contributed by atoms with van der Waals surface area (Å²) in [5, 5.41) is 31.8. The molecular weight excluding hydrogens is 532 g/mol. The average Bonchev–Trinajstić information content (AvgIpc) is 3.31. The van der Waals surface area contributed by atoms with E-state index in [-0.39, 0.29) is 17.8 Å². The number of aromatic nitrogens is 4. The molecule has 3 aliphatic heterocycles. The van der Waals surface area contributed by atoms with Crippen LogP contribution in [0.2, 0.25) is 5.02 Å². The summed E-state index contributed by atoms with van der Waals surface area (Å²) in [7, 11) is 0. The monoisotopic (exact) mass is 560 g/mol. The van der Waals surface area contributed by atoms with Gasteiger partial charge in [-0.15, -0.1) is 4.52 Å². The summed E-state index contributed by atoms with van der Waals surface area (Å²) in [5.74, 6) is 1.52. The van der Waals surface area contributed by atoms with E-state index in [0.29, 0.717) is 59.0 Å². The minimum Gasteiger partial charge on any atom is -0.389 e. The normalized spacial score (nSPS) is 26.4. The van der Waals surface area contributed by atoms with Gasteiger partial charge >= 0.3 is 0 Å². The number of hydrogen-bond acceptors (Lipinski definition) is 10. The molecule has 3 aromatic rings. The lowest BCUT2D eigenvalue weighted by Gasteiger charge is -2.41. The van der Waals surface area contributed by atoms with Crippen molar-refractivity contribution in [2.75, 3.05) is 48.4 Å². The molecular formula is C27H29ClN10O2. The van der Waals surface area contributed by atoms with Gasteiger partial charge in [0, 0.05) is 25.2 Å². The molecule has 4 atom stereocenters. The van der Waals surface area contributed by atoms with Gasteiger partial charge in [-0.3, -0.25) is 4.90 Å². The van der Waals surface area contributed by atoms with E-state index in [9.17, 15) is 10.4 Å². The maximum atomic E-state index is 10.4. The molecule has 5 heterocycles. The maximum Gasteiger partial charge on any atom is 0.275 e. The second kappa shape index (κ2) is 10.1. The van der Waals surface area contributed by atoms with Gasteiger partial charge in [0.15, 0.2) is 5.82 Å². The molecule has 3 N–H and O–H groups in total. The Morgan fingerprint density at radius 3 is 2.80 bits per heavy atom. The highest BCUT2D eigenvalue weighted by Gasteiger charge is 2.44. The number of piperidine rings is 1. The SMILES string of the molecule is [C-]#[N+]c1cnc2c(NC3CC3)nc(Nc3cc(C#N)cc(N4CCC5C(CCN5[C@H]5COC[C@@H]5O)C4)c3Cl)nn12. The van der Waals surface area contributed by atoms with E-state index in [4.69, 9.17) is 22.9 Å². The molecule has 1 saturated carbocycles. The molecule has 206 valence electrons. The third kappa shape index (κ3) is 4.47. The second-order valence-electron chi connectivity index (χ2n) is 11.0. The summed E-state index contributed by atoms with van der Waals surface area (Å²) in [6, 6.07) is 6.60. The molecule has 4 aliphatic rings. The van der Waals surface area contributed by atoms with E-state index in [0.717, 1.165) is 51.0 Å². The molecule has 0 spiro atoms. The van der Waals surface area contributed by atoms with Gasteiger partial charge in [-0.2, -0.15) is 10.2 Å². The van der Waals surface area contributed by atoms with Crippen LogP contribution in [0.25, 0.3) is 10.5 Å². The first-order chi connectivity index (χ1) is 19.5. The average molecular weight is 561 g/mol. The number of ether oxygens (including phenoxy) is 1. The van der Waals surface area contributed by atoms with Crippen molar-refractivity contribution in [1.29, 1.82) is 5.26 Å². The molecule has 40 heavy (non-hydrogen) atoms. The van der Waals surface area contributed by atoms with Crippen molar-refractivity contribution >= 4 is 46.2 Å². The van der Waals surface area contributed by atoms with Gasteiger partial charge in [-0.05, 0) is 50.3 Å². The number of hydrogen-bond donors (Lipinski definition) is 3. The Balaban J connectivity index is 1.17. The number of benzene rings is 1. The number of nitriles is 1. The zero-order valence-electron chi connectivity index (χ0n) is 21.8. The number of aliphatic hydroxyl groups is 1. The summed E-state index contributed by atoms with van der Waals surface area (Å²) in [5.41, 5.74) is 2.29. The van der Waals surface area contributed by atoms with E-state index in [1.165, 1.54) is 10.7 Å². The number of aliphatic hydroxyl groups excluding tert-OH is 1. The first-order valence-corrected chi connectivity index (χ1v) is 14.1. The summed E-state index contributed by atoms with van der Waals surface area (Å²) in [6.07, 6.45) is 5.15. The van der Waals surface area contributed by atoms with Crippen LogP contribution in [0.15, 0.2) is 18.3 Å². The van der Waals surface area contributed by atoms with Crippen LogP contribution >= 0.6 is 11.6 Å². The predicted molar refractivity (Wildman–Crippen MR) is 149 cm³/mol. The van der Waals surface area contributed by atoms with E-state index < -0.39 is 6.10 Å². The number of nitrogens with zero attached hydrogens (tertiary/aromatic N) is 8. The van der Waals surface area contributed by atoms with Gasteiger partial charge in [0.05, 0.1) is 59.6 Å². The molecule has 0 bridgehead atoms. The zero-order valence-corrected chi connectivity index (χ0v) is 22.5. The fourth-order valence-corrected chi connectivity index (χ4v) is 6.61. The zero-order chi connectivity index (χ0) is 27.4. The number of fused-ring (bicyclic) bond motifs is 2. The summed E-state index contributed by atoms with van der Waals surface area (Å²) >= 11 is 6.99. The maximum absolute atomic E-state index is 10.4. The Hall–Kier alpha value is -3.68. The van der Waals surface area contributed by atoms with E-state index in [1.54, 1.807) is 6.07 Å². The van der Waals surface area contributed by atoms with Gasteiger partial charge in [0.2, 0.25) is 0 Å². The third-order valence-corrected chi connectivity index (χ3v) is 8.87. The number of anilines is 4. The van der Waals surface area contributed by atoms with Crippen LogP contribution in [0, 0.1) is 23.8 Å². The van der Waals surface area contributed by atoms with Crippen molar-refractivity contribution in [1.82, 2.24) is 24.5 Å². The lowest BCUT2D eigenvalue weighted by atomic mass is 9.91. The second-order valence-corrected chi connectivity index (χ2v) is 11.4. The number of likely N-dealkylation sites (tertiary alicyclic amines) is 1. The Labute approximate surface area is 236 Å². The lowest BCUT2D eigenvalue weighted by molar-refractivity contribution is 0.0631. The molecule has 4 fully saturated rings. The number of rotatable bonds is 6. The van der Waals surface area contributed by atoms with Crippen LogP contribution in [0.3, 0.4) is 0 Å². The quantitative estimate of drug-likeness (QED) is 0.386.